The summed E-state index contributed by atoms with van der Waals surface area (Å²) < 4.78 is 10.7. The Kier molecular flexibility index (Phi) is 2.14. The van der Waals surface area contributed by atoms with Crippen molar-refractivity contribution in [2.24, 2.45) is 0 Å². The molecule has 0 aliphatic carbocycles. The first-order chi connectivity index (χ1) is 6.25. The summed E-state index contributed by atoms with van der Waals surface area (Å²) in [6.45, 7) is 1.75. The van der Waals surface area contributed by atoms with Gasteiger partial charge in [-0.05, 0) is 14.1 Å². The lowest BCUT2D eigenvalue weighted by Crippen LogP contribution is -2.38. The van der Waals surface area contributed by atoms with Crippen LogP contribution in [0.4, 0.5) is 5.69 Å². The average Bonchev–Trinajstić information content (AvgIpc) is 2.49. The highest BCUT2D eigenvalue weighted by molar-refractivity contribution is 5.55. The summed E-state index contributed by atoms with van der Waals surface area (Å²) >= 11 is 0. The van der Waals surface area contributed by atoms with E-state index in [1.165, 1.54) is 0 Å². The van der Waals surface area contributed by atoms with Crippen molar-refractivity contribution in [2.75, 3.05) is 32.5 Å². The zero-order chi connectivity index (χ0) is 9.26. The van der Waals surface area contributed by atoms with E-state index in [2.05, 4.69) is 10.2 Å². The van der Waals surface area contributed by atoms with Crippen molar-refractivity contribution in [3.05, 3.63) is 12.5 Å². The molecule has 0 bridgehead atoms. The maximum Gasteiger partial charge on any atom is 0.181 e. The van der Waals surface area contributed by atoms with Crippen molar-refractivity contribution >= 4 is 5.69 Å². The topological polar surface area (TPSA) is 37.6 Å². The van der Waals surface area contributed by atoms with Crippen LogP contribution in [0.5, 0.6) is 5.75 Å². The molecule has 1 unspecified atom stereocenters. The highest BCUT2D eigenvalue weighted by Crippen LogP contribution is 2.29. The van der Waals surface area contributed by atoms with Gasteiger partial charge >= 0.3 is 0 Å². The van der Waals surface area contributed by atoms with E-state index in [0.29, 0.717) is 0 Å². The summed E-state index contributed by atoms with van der Waals surface area (Å²) in [5.41, 5.74) is 0.954. The fourth-order valence-electron chi connectivity index (χ4n) is 1.46. The Balaban J connectivity index is 2.00. The van der Waals surface area contributed by atoms with Gasteiger partial charge < -0.3 is 19.4 Å². The minimum absolute atomic E-state index is 0.208. The summed E-state index contributed by atoms with van der Waals surface area (Å²) in [6, 6.07) is 0. The Hall–Kier alpha value is -1.16. The smallest absolute Gasteiger partial charge is 0.181 e. The lowest BCUT2D eigenvalue weighted by Gasteiger charge is -2.26. The normalized spacial score (nSPS) is 20.7. The highest BCUT2D eigenvalue weighted by Gasteiger charge is 2.20. The van der Waals surface area contributed by atoms with Gasteiger partial charge in [0.2, 0.25) is 0 Å². The Morgan fingerprint density at radius 3 is 3.15 bits per heavy atom. The van der Waals surface area contributed by atoms with Crippen LogP contribution in [0.25, 0.3) is 0 Å². The van der Waals surface area contributed by atoms with E-state index in [4.69, 9.17) is 9.15 Å². The molecule has 1 aromatic heterocycles. The number of hydrogen-bond donors (Lipinski definition) is 1. The number of hydrogen-bond acceptors (Lipinski definition) is 4. The molecule has 0 aromatic carbocycles. The summed E-state index contributed by atoms with van der Waals surface area (Å²) in [5, 5.41) is 3.25. The molecule has 72 valence electrons. The van der Waals surface area contributed by atoms with Crippen LogP contribution in [-0.2, 0) is 0 Å². The molecule has 0 amide bonds. The van der Waals surface area contributed by atoms with Crippen molar-refractivity contribution in [1.29, 1.82) is 0 Å². The first-order valence-electron chi connectivity index (χ1n) is 4.37. The van der Waals surface area contributed by atoms with E-state index in [1.54, 1.807) is 12.5 Å². The molecular formula is C9H14N2O2. The number of nitrogens with zero attached hydrogens (tertiary/aromatic N) is 1. The fourth-order valence-corrected chi connectivity index (χ4v) is 1.46. The molecule has 2 heterocycles. The van der Waals surface area contributed by atoms with Gasteiger partial charge in [0.15, 0.2) is 5.75 Å². The third-order valence-corrected chi connectivity index (χ3v) is 2.01. The van der Waals surface area contributed by atoms with Gasteiger partial charge in [-0.1, -0.05) is 0 Å². The molecular weight excluding hydrogens is 168 g/mol. The lowest BCUT2D eigenvalue weighted by atomic mass is 10.3. The molecule has 0 spiro atoms. The first kappa shape index (κ1) is 8.44. The van der Waals surface area contributed by atoms with Crippen LogP contribution in [0.15, 0.2) is 16.9 Å². The summed E-state index contributed by atoms with van der Waals surface area (Å²) in [6.07, 6.45) is 3.51. The Morgan fingerprint density at radius 2 is 2.38 bits per heavy atom. The largest absolute Gasteiger partial charge is 0.482 e. The molecule has 1 N–H and O–H groups in total. The standard InChI is InChI=1S/C9H14N2O2/c1-11(2)4-7-3-10-8-5-12-6-9(8)13-7/h5-7,10H,3-4H2,1-2H3. The molecule has 1 aliphatic rings. The van der Waals surface area contributed by atoms with Gasteiger partial charge in [0.25, 0.3) is 0 Å². The molecule has 1 atom stereocenters. The predicted molar refractivity (Wildman–Crippen MR) is 50.2 cm³/mol. The van der Waals surface area contributed by atoms with Crippen LogP contribution in [0.3, 0.4) is 0 Å². The van der Waals surface area contributed by atoms with Gasteiger partial charge in [-0.3, -0.25) is 0 Å². The second kappa shape index (κ2) is 3.30. The highest BCUT2D eigenvalue weighted by atomic mass is 16.5. The molecule has 2 rings (SSSR count). The third-order valence-electron chi connectivity index (χ3n) is 2.01. The van der Waals surface area contributed by atoms with Crippen molar-refractivity contribution in [3.8, 4) is 5.75 Å². The molecule has 4 heteroatoms. The molecule has 13 heavy (non-hydrogen) atoms. The number of rotatable bonds is 2. The predicted octanol–water partition coefficient (Wildman–Crippen LogP) is 1.01. The van der Waals surface area contributed by atoms with Crippen molar-refractivity contribution < 1.29 is 9.15 Å². The van der Waals surface area contributed by atoms with Crippen LogP contribution in [-0.4, -0.2) is 38.2 Å². The van der Waals surface area contributed by atoms with Gasteiger partial charge in [0.1, 0.15) is 24.3 Å². The SMILES string of the molecule is CN(C)CC1CNc2cocc2O1. The van der Waals surface area contributed by atoms with Crippen LogP contribution in [0.1, 0.15) is 0 Å². The zero-order valence-corrected chi connectivity index (χ0v) is 7.91. The van der Waals surface area contributed by atoms with Gasteiger partial charge in [0.05, 0.1) is 6.54 Å². The third kappa shape index (κ3) is 1.78. The zero-order valence-electron chi connectivity index (χ0n) is 7.91. The van der Waals surface area contributed by atoms with E-state index in [-0.39, 0.29) is 6.10 Å². The number of furan rings is 1. The quantitative estimate of drug-likeness (QED) is 0.740. The van der Waals surface area contributed by atoms with Gasteiger partial charge in [-0.2, -0.15) is 0 Å². The number of fused-ring (bicyclic) bond motifs is 1. The number of likely N-dealkylation sites (N-methyl/N-ethyl adjacent to an activating group) is 1. The summed E-state index contributed by atoms with van der Waals surface area (Å²) in [5.74, 6) is 0.818. The van der Waals surface area contributed by atoms with Crippen molar-refractivity contribution in [2.45, 2.75) is 6.10 Å². The Labute approximate surface area is 77.5 Å². The Morgan fingerprint density at radius 1 is 1.54 bits per heavy atom. The molecule has 1 aromatic rings. The maximum atomic E-state index is 5.68. The fraction of sp³-hybridized carbons (Fsp3) is 0.556. The molecule has 0 fully saturated rings. The average molecular weight is 182 g/mol. The Bertz CT molecular complexity index is 283. The molecule has 0 saturated heterocycles. The van der Waals surface area contributed by atoms with Gasteiger partial charge in [0, 0.05) is 6.54 Å². The molecule has 1 aliphatic heterocycles. The van der Waals surface area contributed by atoms with Crippen LogP contribution in [0, 0.1) is 0 Å². The van der Waals surface area contributed by atoms with E-state index in [0.717, 1.165) is 24.5 Å². The van der Waals surface area contributed by atoms with Gasteiger partial charge in [-0.15, -0.1) is 0 Å². The second-order valence-electron chi connectivity index (χ2n) is 3.53. The number of ether oxygens (including phenoxy) is 1. The molecule has 4 nitrogen and oxygen atoms in total. The lowest BCUT2D eigenvalue weighted by molar-refractivity contribution is 0.163. The van der Waals surface area contributed by atoms with E-state index >= 15 is 0 Å². The minimum Gasteiger partial charge on any atom is -0.482 e. The second-order valence-corrected chi connectivity index (χ2v) is 3.53. The number of nitrogens with one attached hydrogen (secondary N) is 1. The molecule has 0 saturated carbocycles. The minimum atomic E-state index is 0.208. The summed E-state index contributed by atoms with van der Waals surface area (Å²) in [4.78, 5) is 2.11. The molecule has 0 radical (unpaired) electrons. The van der Waals surface area contributed by atoms with Crippen LogP contribution in [0.2, 0.25) is 0 Å². The first-order valence-corrected chi connectivity index (χ1v) is 4.37. The van der Waals surface area contributed by atoms with Crippen LogP contribution < -0.4 is 10.1 Å². The van der Waals surface area contributed by atoms with Crippen LogP contribution >= 0.6 is 0 Å². The van der Waals surface area contributed by atoms with Crippen molar-refractivity contribution in [1.82, 2.24) is 4.90 Å². The maximum absolute atomic E-state index is 5.68. The van der Waals surface area contributed by atoms with Crippen molar-refractivity contribution in [3.63, 3.8) is 0 Å². The van der Waals surface area contributed by atoms with E-state index in [9.17, 15) is 0 Å². The van der Waals surface area contributed by atoms with E-state index < -0.39 is 0 Å². The number of anilines is 1. The summed E-state index contributed by atoms with van der Waals surface area (Å²) in [7, 11) is 4.07. The van der Waals surface area contributed by atoms with Gasteiger partial charge in [-0.25, -0.2) is 0 Å². The monoisotopic (exact) mass is 182 g/mol. The van der Waals surface area contributed by atoms with E-state index in [1.807, 2.05) is 14.1 Å².